The summed E-state index contributed by atoms with van der Waals surface area (Å²) in [6.45, 7) is 3.32. The van der Waals surface area contributed by atoms with Crippen LogP contribution in [-0.4, -0.2) is 17.9 Å². The number of benzene rings is 1. The van der Waals surface area contributed by atoms with E-state index in [0.717, 1.165) is 0 Å². The summed E-state index contributed by atoms with van der Waals surface area (Å²) in [4.78, 5) is 23.0. The maximum absolute atomic E-state index is 11.7. The lowest BCUT2D eigenvalue weighted by atomic mass is 10.1. The summed E-state index contributed by atoms with van der Waals surface area (Å²) < 4.78 is 0. The van der Waals surface area contributed by atoms with Gasteiger partial charge in [0, 0.05) is 17.3 Å². The van der Waals surface area contributed by atoms with Crippen molar-refractivity contribution in [2.45, 2.75) is 32.7 Å². The molecule has 1 unspecified atom stereocenters. The highest BCUT2D eigenvalue weighted by Crippen LogP contribution is 2.21. The van der Waals surface area contributed by atoms with E-state index in [1.54, 1.807) is 12.1 Å². The summed E-state index contributed by atoms with van der Waals surface area (Å²) >= 11 is 5.95. The molecule has 20 heavy (non-hydrogen) atoms. The summed E-state index contributed by atoms with van der Waals surface area (Å²) in [5.74, 6) is -0.133. The van der Waals surface area contributed by atoms with Crippen LogP contribution < -0.4 is 10.6 Å². The lowest BCUT2D eigenvalue weighted by Gasteiger charge is -2.14. The minimum absolute atomic E-state index is 0.133. The Kier molecular flexibility index (Phi) is 6.01. The Labute approximate surface area is 122 Å². The van der Waals surface area contributed by atoms with Gasteiger partial charge in [0.2, 0.25) is 0 Å². The number of nitriles is 1. The van der Waals surface area contributed by atoms with Crippen molar-refractivity contribution in [2.75, 3.05) is 5.32 Å². The molecule has 1 aromatic rings. The summed E-state index contributed by atoms with van der Waals surface area (Å²) in [7, 11) is 0. The number of hydrogen-bond acceptors (Lipinski definition) is 3. The van der Waals surface area contributed by atoms with Crippen LogP contribution in [0.15, 0.2) is 18.2 Å². The molecule has 0 spiro atoms. The molecule has 106 valence electrons. The zero-order chi connectivity index (χ0) is 15.1. The SMILES string of the molecule is CCC(CC#N)NC(=O)Nc1ccc(C(C)=O)c(Cl)c1. The van der Waals surface area contributed by atoms with E-state index < -0.39 is 6.03 Å². The van der Waals surface area contributed by atoms with Gasteiger partial charge in [0.15, 0.2) is 5.78 Å². The van der Waals surface area contributed by atoms with Gasteiger partial charge >= 0.3 is 6.03 Å². The first-order valence-corrected chi connectivity index (χ1v) is 6.60. The van der Waals surface area contributed by atoms with Gasteiger partial charge in [-0.05, 0) is 31.5 Å². The number of carbonyl (C=O) groups is 2. The number of nitrogens with zero attached hydrogens (tertiary/aromatic N) is 1. The fourth-order valence-corrected chi connectivity index (χ4v) is 1.95. The van der Waals surface area contributed by atoms with Crippen molar-refractivity contribution in [3.05, 3.63) is 28.8 Å². The molecule has 0 saturated heterocycles. The van der Waals surface area contributed by atoms with Crippen LogP contribution in [0.1, 0.15) is 37.0 Å². The van der Waals surface area contributed by atoms with Crippen molar-refractivity contribution in [2.24, 2.45) is 0 Å². The Hall–Kier alpha value is -2.06. The predicted octanol–water partition coefficient (Wildman–Crippen LogP) is 3.36. The van der Waals surface area contributed by atoms with E-state index in [0.29, 0.717) is 22.7 Å². The van der Waals surface area contributed by atoms with Crippen LogP contribution in [0.3, 0.4) is 0 Å². The van der Waals surface area contributed by atoms with Gasteiger partial charge in [-0.25, -0.2) is 4.79 Å². The first kappa shape index (κ1) is 16.0. The zero-order valence-corrected chi connectivity index (χ0v) is 12.1. The number of hydrogen-bond donors (Lipinski definition) is 2. The third-order valence-electron chi connectivity index (χ3n) is 2.77. The molecule has 0 aliphatic heterocycles. The first-order valence-electron chi connectivity index (χ1n) is 6.22. The molecular weight excluding hydrogens is 278 g/mol. The monoisotopic (exact) mass is 293 g/mol. The maximum Gasteiger partial charge on any atom is 0.319 e. The number of urea groups is 1. The van der Waals surface area contributed by atoms with Gasteiger partial charge < -0.3 is 10.6 Å². The predicted molar refractivity (Wildman–Crippen MR) is 77.9 cm³/mol. The number of rotatable bonds is 5. The molecule has 0 fully saturated rings. The molecule has 0 aromatic heterocycles. The fraction of sp³-hybridized carbons (Fsp3) is 0.357. The van der Waals surface area contributed by atoms with Crippen molar-refractivity contribution in [3.63, 3.8) is 0 Å². The van der Waals surface area contributed by atoms with E-state index in [9.17, 15) is 9.59 Å². The number of nitrogens with one attached hydrogen (secondary N) is 2. The van der Waals surface area contributed by atoms with Gasteiger partial charge in [-0.15, -0.1) is 0 Å². The number of Topliss-reactive ketones (excluding diaryl/α,β-unsaturated/α-hetero) is 1. The second kappa shape index (κ2) is 7.51. The average Bonchev–Trinajstić information content (AvgIpc) is 2.37. The largest absolute Gasteiger partial charge is 0.334 e. The summed E-state index contributed by atoms with van der Waals surface area (Å²) in [5, 5.41) is 14.2. The molecule has 0 aliphatic rings. The standard InChI is InChI=1S/C14H16ClN3O2/c1-3-10(6-7-16)17-14(20)18-11-4-5-12(9(2)19)13(15)8-11/h4-5,8,10H,3,6H2,1-2H3,(H2,17,18,20). The van der Waals surface area contributed by atoms with Crippen LogP contribution in [-0.2, 0) is 0 Å². The summed E-state index contributed by atoms with van der Waals surface area (Å²) in [6, 6.07) is 6.11. The third-order valence-corrected chi connectivity index (χ3v) is 3.08. The Morgan fingerprint density at radius 3 is 2.65 bits per heavy atom. The van der Waals surface area contributed by atoms with Crippen LogP contribution in [0.5, 0.6) is 0 Å². The second-order valence-electron chi connectivity index (χ2n) is 4.32. The number of ketones is 1. The Morgan fingerprint density at radius 2 is 2.15 bits per heavy atom. The molecular formula is C14H16ClN3O2. The van der Waals surface area contributed by atoms with Crippen molar-refractivity contribution < 1.29 is 9.59 Å². The molecule has 5 nitrogen and oxygen atoms in total. The van der Waals surface area contributed by atoms with Gasteiger partial charge in [0.25, 0.3) is 0 Å². The molecule has 0 radical (unpaired) electrons. The normalized spacial score (nSPS) is 11.3. The summed E-state index contributed by atoms with van der Waals surface area (Å²) in [6.07, 6.45) is 0.930. The Morgan fingerprint density at radius 1 is 1.45 bits per heavy atom. The van der Waals surface area contributed by atoms with Gasteiger partial charge in [-0.1, -0.05) is 18.5 Å². The number of halogens is 1. The first-order chi connectivity index (χ1) is 9.47. The zero-order valence-electron chi connectivity index (χ0n) is 11.4. The highest BCUT2D eigenvalue weighted by Gasteiger charge is 2.11. The minimum atomic E-state index is -0.404. The number of anilines is 1. The molecule has 1 rings (SSSR count). The molecule has 6 heteroatoms. The van der Waals surface area contributed by atoms with E-state index in [1.165, 1.54) is 13.0 Å². The lowest BCUT2D eigenvalue weighted by molar-refractivity contribution is 0.101. The molecule has 0 saturated carbocycles. The van der Waals surface area contributed by atoms with Gasteiger partial charge in [0.05, 0.1) is 17.5 Å². The van der Waals surface area contributed by atoms with Crippen molar-refractivity contribution >= 4 is 29.1 Å². The molecule has 1 atom stereocenters. The van der Waals surface area contributed by atoms with E-state index in [2.05, 4.69) is 10.6 Å². The molecule has 2 N–H and O–H groups in total. The molecule has 1 aromatic carbocycles. The van der Waals surface area contributed by atoms with Crippen LogP contribution in [0.25, 0.3) is 0 Å². The average molecular weight is 294 g/mol. The van der Waals surface area contributed by atoms with E-state index in [4.69, 9.17) is 16.9 Å². The topological polar surface area (TPSA) is 82.0 Å². The lowest BCUT2D eigenvalue weighted by Crippen LogP contribution is -2.37. The molecule has 0 aliphatic carbocycles. The third kappa shape index (κ3) is 4.56. The molecule has 0 bridgehead atoms. The minimum Gasteiger partial charge on any atom is -0.334 e. The maximum atomic E-state index is 11.7. The van der Waals surface area contributed by atoms with Crippen LogP contribution in [0.4, 0.5) is 10.5 Å². The molecule has 0 heterocycles. The second-order valence-corrected chi connectivity index (χ2v) is 4.72. The van der Waals surface area contributed by atoms with E-state index in [-0.39, 0.29) is 18.2 Å². The van der Waals surface area contributed by atoms with Crippen molar-refractivity contribution in [3.8, 4) is 6.07 Å². The van der Waals surface area contributed by atoms with Crippen LogP contribution in [0.2, 0.25) is 5.02 Å². The van der Waals surface area contributed by atoms with Gasteiger partial charge in [-0.2, -0.15) is 5.26 Å². The van der Waals surface area contributed by atoms with Crippen LogP contribution in [0, 0.1) is 11.3 Å². The number of carbonyl (C=O) groups excluding carboxylic acids is 2. The van der Waals surface area contributed by atoms with E-state index in [1.807, 2.05) is 13.0 Å². The highest BCUT2D eigenvalue weighted by molar-refractivity contribution is 6.34. The van der Waals surface area contributed by atoms with Gasteiger partial charge in [-0.3, -0.25) is 4.79 Å². The quantitative estimate of drug-likeness (QED) is 0.817. The number of amides is 2. The smallest absolute Gasteiger partial charge is 0.319 e. The van der Waals surface area contributed by atoms with Crippen LogP contribution >= 0.6 is 11.6 Å². The highest BCUT2D eigenvalue weighted by atomic mass is 35.5. The molecule has 2 amide bonds. The summed E-state index contributed by atoms with van der Waals surface area (Å²) in [5.41, 5.74) is 0.901. The Balaban J connectivity index is 2.69. The fourth-order valence-electron chi connectivity index (χ4n) is 1.64. The van der Waals surface area contributed by atoms with E-state index >= 15 is 0 Å². The van der Waals surface area contributed by atoms with Gasteiger partial charge in [0.1, 0.15) is 0 Å². The van der Waals surface area contributed by atoms with Crippen molar-refractivity contribution in [1.82, 2.24) is 5.32 Å². The van der Waals surface area contributed by atoms with Crippen molar-refractivity contribution in [1.29, 1.82) is 5.26 Å². The Bertz CT molecular complexity index is 552.